The first-order chi connectivity index (χ1) is 19.9. The van der Waals surface area contributed by atoms with Crippen molar-refractivity contribution in [1.82, 2.24) is 25.1 Å². The van der Waals surface area contributed by atoms with Crippen LogP contribution in [0, 0.1) is 13.8 Å². The molecule has 1 aliphatic heterocycles. The number of aromatic nitrogens is 4. The molecule has 41 heavy (non-hydrogen) atoms. The molecule has 5 rings (SSSR count). The molecular weight excluding hydrogens is 522 g/mol. The van der Waals surface area contributed by atoms with Crippen LogP contribution < -0.4 is 0 Å². The Balaban J connectivity index is 1.52. The quantitative estimate of drug-likeness (QED) is 0.189. The minimum Gasteiger partial charge on any atom is -0.357 e. The largest absolute Gasteiger partial charge is 0.357 e. The average Bonchev–Trinajstić information content (AvgIpc) is 3.79. The minimum absolute atomic E-state index is 0.712. The monoisotopic (exact) mass is 563 g/mol. The molecule has 0 atom stereocenters. The molecule has 0 aromatic carbocycles. The predicted octanol–water partition coefficient (Wildman–Crippen LogP) is 9.03. The van der Waals surface area contributed by atoms with Crippen molar-refractivity contribution < 1.29 is 0 Å². The molecule has 4 aromatic heterocycles. The lowest BCUT2D eigenvalue weighted by Crippen LogP contribution is -2.21. The Morgan fingerprint density at radius 3 is 2.63 bits per heavy atom. The maximum atomic E-state index is 4.73. The molecule has 0 bridgehead atoms. The number of rotatable bonds is 10. The Morgan fingerprint density at radius 1 is 1.15 bits per heavy atom. The van der Waals surface area contributed by atoms with Gasteiger partial charge in [0.05, 0.1) is 11.4 Å². The highest BCUT2D eigenvalue weighted by Crippen LogP contribution is 2.36. The van der Waals surface area contributed by atoms with Crippen molar-refractivity contribution in [1.29, 1.82) is 0 Å². The van der Waals surface area contributed by atoms with Gasteiger partial charge in [0, 0.05) is 50.3 Å². The lowest BCUT2D eigenvalue weighted by Gasteiger charge is -2.15. The van der Waals surface area contributed by atoms with Crippen molar-refractivity contribution >= 4 is 33.5 Å². The number of allylic oxidation sites excluding steroid dienone is 6. The molecule has 1 aliphatic rings. The third-order valence-electron chi connectivity index (χ3n) is 7.93. The van der Waals surface area contributed by atoms with Crippen LogP contribution in [0.15, 0.2) is 78.6 Å². The molecular formula is C35H41N5S. The van der Waals surface area contributed by atoms with E-state index in [1.54, 1.807) is 0 Å². The topological polar surface area (TPSA) is 60.6 Å². The number of H-pyrrole nitrogens is 2. The minimum atomic E-state index is 0.712. The van der Waals surface area contributed by atoms with Crippen molar-refractivity contribution in [2.45, 2.75) is 53.9 Å². The molecule has 0 amide bonds. The van der Waals surface area contributed by atoms with E-state index in [4.69, 9.17) is 4.98 Å². The van der Waals surface area contributed by atoms with Gasteiger partial charge < -0.3 is 4.98 Å². The van der Waals surface area contributed by atoms with Gasteiger partial charge in [0.25, 0.3) is 0 Å². The van der Waals surface area contributed by atoms with Crippen molar-refractivity contribution in [3.63, 3.8) is 0 Å². The number of pyridine rings is 1. The van der Waals surface area contributed by atoms with E-state index in [0.29, 0.717) is 5.65 Å². The third kappa shape index (κ3) is 6.45. The highest BCUT2D eigenvalue weighted by atomic mass is 32.1. The van der Waals surface area contributed by atoms with Crippen molar-refractivity contribution in [3.8, 4) is 11.4 Å². The summed E-state index contributed by atoms with van der Waals surface area (Å²) in [5.74, 6) is 0. The molecule has 0 unspecified atom stereocenters. The maximum Gasteiger partial charge on any atom is 0.181 e. The van der Waals surface area contributed by atoms with Gasteiger partial charge in [0.1, 0.15) is 0 Å². The van der Waals surface area contributed by atoms with Gasteiger partial charge in [0.15, 0.2) is 5.65 Å². The number of nitrogens with one attached hydrogen (secondary N) is 2. The summed E-state index contributed by atoms with van der Waals surface area (Å²) < 4.78 is 0. The summed E-state index contributed by atoms with van der Waals surface area (Å²) in [4.78, 5) is 13.4. The number of aromatic amines is 2. The zero-order valence-electron chi connectivity index (χ0n) is 25.0. The van der Waals surface area contributed by atoms with Crippen LogP contribution in [0.3, 0.4) is 0 Å². The highest BCUT2D eigenvalue weighted by Gasteiger charge is 2.18. The van der Waals surface area contributed by atoms with E-state index in [-0.39, 0.29) is 0 Å². The summed E-state index contributed by atoms with van der Waals surface area (Å²) in [6, 6.07) is 8.86. The summed E-state index contributed by atoms with van der Waals surface area (Å²) >= 11 is 1.83. The fourth-order valence-electron chi connectivity index (χ4n) is 5.36. The smallest absolute Gasteiger partial charge is 0.181 e. The molecule has 5 heterocycles. The summed E-state index contributed by atoms with van der Waals surface area (Å²) in [6.45, 7) is 18.1. The van der Waals surface area contributed by atoms with E-state index in [1.807, 2.05) is 23.6 Å². The molecule has 0 spiro atoms. The summed E-state index contributed by atoms with van der Waals surface area (Å²) in [5.41, 5.74) is 11.0. The molecule has 1 fully saturated rings. The van der Waals surface area contributed by atoms with E-state index >= 15 is 0 Å². The van der Waals surface area contributed by atoms with Crippen molar-refractivity contribution in [2.75, 3.05) is 19.6 Å². The molecule has 2 N–H and O–H groups in total. The zero-order chi connectivity index (χ0) is 28.9. The number of nitrogens with zero attached hydrogens (tertiary/aromatic N) is 3. The van der Waals surface area contributed by atoms with Gasteiger partial charge >= 0.3 is 0 Å². The van der Waals surface area contributed by atoms with Gasteiger partial charge in [-0.2, -0.15) is 5.10 Å². The summed E-state index contributed by atoms with van der Waals surface area (Å²) in [7, 11) is 0. The fraction of sp³-hybridized carbons (Fsp3) is 0.314. The van der Waals surface area contributed by atoms with Crippen LogP contribution in [0.2, 0.25) is 0 Å². The zero-order valence-corrected chi connectivity index (χ0v) is 25.8. The number of aryl methyl sites for hydroxylation is 2. The molecule has 1 saturated heterocycles. The van der Waals surface area contributed by atoms with Crippen LogP contribution >= 0.6 is 11.3 Å². The normalized spacial score (nSPS) is 15.8. The van der Waals surface area contributed by atoms with Gasteiger partial charge in [-0.3, -0.25) is 10.00 Å². The van der Waals surface area contributed by atoms with E-state index in [2.05, 4.69) is 110 Å². The van der Waals surface area contributed by atoms with Crippen LogP contribution in [0.4, 0.5) is 0 Å². The Bertz CT molecular complexity index is 1660. The SMILES string of the molecule is C=C/C(=C\C(=C/C)c1cnc2n[nH]c(-c3cc(/C(=C\C=C(/C)CC)c4ccc(C)s4)c(C)[nH]3)c2c1)CN1CCCC1. The van der Waals surface area contributed by atoms with E-state index < -0.39 is 0 Å². The Hall–Kier alpha value is -3.74. The molecule has 6 heteroatoms. The predicted molar refractivity (Wildman–Crippen MR) is 176 cm³/mol. The molecule has 0 saturated carbocycles. The van der Waals surface area contributed by atoms with E-state index in [1.165, 1.54) is 44.9 Å². The lowest BCUT2D eigenvalue weighted by atomic mass is 10.0. The van der Waals surface area contributed by atoms with Crippen LogP contribution in [0.25, 0.3) is 33.6 Å². The molecule has 5 nitrogen and oxygen atoms in total. The number of hydrogen-bond acceptors (Lipinski definition) is 4. The number of thiophene rings is 1. The van der Waals surface area contributed by atoms with Gasteiger partial charge in [-0.15, -0.1) is 11.3 Å². The maximum absolute atomic E-state index is 4.73. The Labute approximate surface area is 248 Å². The van der Waals surface area contributed by atoms with E-state index in [9.17, 15) is 0 Å². The van der Waals surface area contributed by atoms with Crippen molar-refractivity contribution in [2.24, 2.45) is 0 Å². The molecule has 0 radical (unpaired) electrons. The first kappa shape index (κ1) is 28.8. The first-order valence-corrected chi connectivity index (χ1v) is 15.4. The summed E-state index contributed by atoms with van der Waals surface area (Å²) in [6.07, 6.45) is 16.4. The number of hydrogen-bond donors (Lipinski definition) is 2. The summed E-state index contributed by atoms with van der Waals surface area (Å²) in [5, 5.41) is 8.82. The second-order valence-corrected chi connectivity index (χ2v) is 12.2. The van der Waals surface area contributed by atoms with Gasteiger partial charge in [-0.1, -0.05) is 49.5 Å². The molecule has 4 aromatic rings. The van der Waals surface area contributed by atoms with Gasteiger partial charge in [-0.05, 0) is 95.5 Å². The van der Waals surface area contributed by atoms with Crippen LogP contribution in [0.1, 0.15) is 66.6 Å². The fourth-order valence-corrected chi connectivity index (χ4v) is 6.27. The van der Waals surface area contributed by atoms with Crippen molar-refractivity contribution in [3.05, 3.63) is 105 Å². The lowest BCUT2D eigenvalue weighted by molar-refractivity contribution is 0.371. The van der Waals surface area contributed by atoms with E-state index in [0.717, 1.165) is 59.7 Å². The number of fused-ring (bicyclic) bond motifs is 1. The molecule has 0 aliphatic carbocycles. The standard InChI is InChI=1S/C35H41N5S/c1-7-23(4)12-14-29(33-15-13-24(5)41-33)30-20-32(37-25(30)6)34-31-19-28(21-36-35(31)39-38-34)27(9-3)18-26(8-2)22-40-16-10-11-17-40/h8-9,12-15,18-21,37H,2,7,10-11,16-17,22H2,1,3-6H3,(H,36,38,39)/b23-12+,26-18+,27-9+,29-14+. The van der Waals surface area contributed by atoms with Crippen LogP contribution in [0.5, 0.6) is 0 Å². The number of likely N-dealkylation sites (tertiary alicyclic amines) is 1. The highest BCUT2D eigenvalue weighted by molar-refractivity contribution is 7.13. The third-order valence-corrected chi connectivity index (χ3v) is 8.97. The van der Waals surface area contributed by atoms with Gasteiger partial charge in [0.2, 0.25) is 0 Å². The second-order valence-electron chi connectivity index (χ2n) is 10.9. The van der Waals surface area contributed by atoms with Crippen LogP contribution in [-0.4, -0.2) is 44.7 Å². The molecule has 212 valence electrons. The first-order valence-electron chi connectivity index (χ1n) is 14.6. The Morgan fingerprint density at radius 2 is 1.95 bits per heavy atom. The van der Waals surface area contributed by atoms with Crippen LogP contribution in [-0.2, 0) is 0 Å². The Kier molecular flexibility index (Phi) is 9.01. The second kappa shape index (κ2) is 12.8. The van der Waals surface area contributed by atoms with Gasteiger partial charge in [-0.25, -0.2) is 4.98 Å². The average molecular weight is 564 g/mol.